The first-order valence-corrected chi connectivity index (χ1v) is 9.66. The average molecular weight is 449 g/mol. The molecule has 0 unspecified atom stereocenters. The van der Waals surface area contributed by atoms with Crippen LogP contribution in [0.2, 0.25) is 5.15 Å². The molecular weight excluding hydrogens is 430 g/mol. The van der Waals surface area contributed by atoms with E-state index in [9.17, 15) is 18.4 Å². The summed E-state index contributed by atoms with van der Waals surface area (Å²) in [5, 5.41) is 3.47. The highest BCUT2D eigenvalue weighted by Crippen LogP contribution is 2.25. The van der Waals surface area contributed by atoms with E-state index in [1.54, 1.807) is 6.07 Å². The largest absolute Gasteiger partial charge is 0.459 e. The predicted octanol–water partition coefficient (Wildman–Crippen LogP) is 4.58. The number of aryl methyl sites for hydroxylation is 2. The van der Waals surface area contributed by atoms with Crippen molar-refractivity contribution in [2.24, 2.45) is 0 Å². The minimum atomic E-state index is -3.00. The van der Waals surface area contributed by atoms with Gasteiger partial charge >= 0.3 is 12.6 Å². The van der Waals surface area contributed by atoms with Gasteiger partial charge in [-0.15, -0.1) is 0 Å². The van der Waals surface area contributed by atoms with E-state index in [2.05, 4.69) is 15.0 Å². The zero-order valence-electron chi connectivity index (χ0n) is 16.7. The van der Waals surface area contributed by atoms with E-state index in [-0.39, 0.29) is 23.1 Å². The van der Waals surface area contributed by atoms with E-state index < -0.39 is 25.0 Å². The molecular formula is C22H19ClF2N2O4. The number of aromatic nitrogens is 1. The van der Waals surface area contributed by atoms with Gasteiger partial charge in [0.15, 0.2) is 0 Å². The maximum absolute atomic E-state index is 12.3. The minimum Gasteiger partial charge on any atom is -0.459 e. The molecule has 0 radical (unpaired) electrons. The lowest BCUT2D eigenvalue weighted by molar-refractivity contribution is -0.143. The Morgan fingerprint density at radius 2 is 1.94 bits per heavy atom. The fourth-order valence-electron chi connectivity index (χ4n) is 2.88. The van der Waals surface area contributed by atoms with Crippen LogP contribution in [0.5, 0.6) is 5.75 Å². The summed E-state index contributed by atoms with van der Waals surface area (Å²) in [5.41, 5.74) is 3.50. The summed E-state index contributed by atoms with van der Waals surface area (Å²) in [6.45, 7) is 0.420. The van der Waals surface area contributed by atoms with Crippen LogP contribution < -0.4 is 10.1 Å². The molecule has 1 aromatic heterocycles. The van der Waals surface area contributed by atoms with Crippen molar-refractivity contribution >= 4 is 34.4 Å². The summed E-state index contributed by atoms with van der Waals surface area (Å²) in [6.07, 6.45) is 0. The van der Waals surface area contributed by atoms with Gasteiger partial charge in [0.1, 0.15) is 24.1 Å². The molecule has 0 fully saturated rings. The van der Waals surface area contributed by atoms with Gasteiger partial charge in [-0.1, -0.05) is 29.8 Å². The Hall–Kier alpha value is -3.26. The maximum atomic E-state index is 12.3. The number of nitrogens with one attached hydrogen (secondary N) is 1. The van der Waals surface area contributed by atoms with Crippen LogP contribution in [-0.4, -0.2) is 30.0 Å². The van der Waals surface area contributed by atoms with Gasteiger partial charge in [-0.2, -0.15) is 8.78 Å². The molecule has 162 valence electrons. The van der Waals surface area contributed by atoms with Crippen LogP contribution in [0.4, 0.5) is 8.78 Å². The molecule has 0 spiro atoms. The molecule has 2 aromatic carbocycles. The van der Waals surface area contributed by atoms with Crippen molar-refractivity contribution in [3.63, 3.8) is 0 Å². The lowest BCUT2D eigenvalue weighted by Crippen LogP contribution is -2.30. The second kappa shape index (κ2) is 9.70. The van der Waals surface area contributed by atoms with Crippen molar-refractivity contribution < 1.29 is 27.8 Å². The quantitative estimate of drug-likeness (QED) is 0.423. The zero-order valence-corrected chi connectivity index (χ0v) is 17.5. The smallest absolute Gasteiger partial charge is 0.387 e. The highest BCUT2D eigenvalue weighted by molar-refractivity contribution is 6.30. The lowest BCUT2D eigenvalue weighted by atomic mass is 10.0. The Morgan fingerprint density at radius 3 is 2.68 bits per heavy atom. The first-order valence-electron chi connectivity index (χ1n) is 9.28. The molecule has 1 N–H and O–H groups in total. The summed E-state index contributed by atoms with van der Waals surface area (Å²) < 4.78 is 34.0. The van der Waals surface area contributed by atoms with Crippen molar-refractivity contribution in [3.8, 4) is 5.75 Å². The first-order chi connectivity index (χ1) is 14.7. The van der Waals surface area contributed by atoms with Gasteiger partial charge in [-0.05, 0) is 49.2 Å². The van der Waals surface area contributed by atoms with Gasteiger partial charge in [0.25, 0.3) is 5.91 Å². The number of carbonyl (C=O) groups is 2. The van der Waals surface area contributed by atoms with E-state index in [1.165, 1.54) is 18.2 Å². The van der Waals surface area contributed by atoms with Crippen LogP contribution >= 0.6 is 11.6 Å². The number of amides is 1. The Labute approximate surface area is 182 Å². The first kappa shape index (κ1) is 22.4. The highest BCUT2D eigenvalue weighted by Gasteiger charge is 2.13. The third kappa shape index (κ3) is 5.67. The van der Waals surface area contributed by atoms with Crippen molar-refractivity contribution in [2.45, 2.75) is 27.1 Å². The van der Waals surface area contributed by atoms with Gasteiger partial charge in [0.2, 0.25) is 0 Å². The molecule has 0 bridgehead atoms. The fraction of sp³-hybridized carbons (Fsp3) is 0.227. The zero-order chi connectivity index (χ0) is 22.5. The van der Waals surface area contributed by atoms with Crippen LogP contribution in [0.3, 0.4) is 0 Å². The molecule has 0 aliphatic heterocycles. The average Bonchev–Trinajstić information content (AvgIpc) is 2.73. The molecule has 3 aromatic rings. The standard InChI is InChI=1S/C22H19ClF2N2O4/c1-12-6-7-14-8-16(20(23)27-19(14)13(12)2)11-30-18(28)10-26-21(29)15-4-3-5-17(9-15)31-22(24)25/h3-9,22H,10-11H2,1-2H3,(H,26,29). The molecule has 31 heavy (non-hydrogen) atoms. The molecule has 6 nitrogen and oxygen atoms in total. The normalized spacial score (nSPS) is 10.9. The summed E-state index contributed by atoms with van der Waals surface area (Å²) in [5.74, 6) is -1.48. The molecule has 0 aliphatic carbocycles. The van der Waals surface area contributed by atoms with Crippen LogP contribution in [0.15, 0.2) is 42.5 Å². The van der Waals surface area contributed by atoms with Gasteiger partial charge in [0, 0.05) is 16.5 Å². The van der Waals surface area contributed by atoms with Crippen LogP contribution in [0.1, 0.15) is 27.0 Å². The van der Waals surface area contributed by atoms with Crippen LogP contribution in [-0.2, 0) is 16.1 Å². The predicted molar refractivity (Wildman–Crippen MR) is 111 cm³/mol. The number of hydrogen-bond donors (Lipinski definition) is 1. The number of alkyl halides is 2. The van der Waals surface area contributed by atoms with Crippen molar-refractivity contribution in [3.05, 3.63) is 69.9 Å². The van der Waals surface area contributed by atoms with Crippen molar-refractivity contribution in [2.75, 3.05) is 6.54 Å². The van der Waals surface area contributed by atoms with Gasteiger partial charge in [-0.25, -0.2) is 4.98 Å². The number of nitrogens with zero attached hydrogens (tertiary/aromatic N) is 1. The monoisotopic (exact) mass is 448 g/mol. The topological polar surface area (TPSA) is 77.5 Å². The Morgan fingerprint density at radius 1 is 1.16 bits per heavy atom. The van der Waals surface area contributed by atoms with E-state index in [0.29, 0.717) is 5.56 Å². The van der Waals surface area contributed by atoms with Crippen molar-refractivity contribution in [1.82, 2.24) is 10.3 Å². The molecule has 1 heterocycles. The van der Waals surface area contributed by atoms with Crippen molar-refractivity contribution in [1.29, 1.82) is 0 Å². The molecule has 0 atom stereocenters. The number of esters is 1. The van der Waals surface area contributed by atoms with E-state index in [1.807, 2.05) is 26.0 Å². The molecule has 0 aliphatic rings. The van der Waals surface area contributed by atoms with Crippen LogP contribution in [0, 0.1) is 13.8 Å². The summed E-state index contributed by atoms with van der Waals surface area (Å²) in [4.78, 5) is 28.5. The van der Waals surface area contributed by atoms with E-state index >= 15 is 0 Å². The number of rotatable bonds is 7. The molecule has 9 heteroatoms. The Bertz CT molecular complexity index is 1140. The number of carbonyl (C=O) groups excluding carboxylic acids is 2. The minimum absolute atomic E-state index is 0.0680. The summed E-state index contributed by atoms with van der Waals surface area (Å²) in [6, 6.07) is 10.9. The fourth-order valence-corrected chi connectivity index (χ4v) is 3.08. The SMILES string of the molecule is Cc1ccc2cc(COC(=O)CNC(=O)c3cccc(OC(F)F)c3)c(Cl)nc2c1C. The third-order valence-electron chi connectivity index (χ3n) is 4.64. The number of fused-ring (bicyclic) bond motifs is 1. The second-order valence-corrected chi connectivity index (χ2v) is 7.13. The molecule has 3 rings (SSSR count). The number of pyridine rings is 1. The number of hydrogen-bond acceptors (Lipinski definition) is 5. The van der Waals surface area contributed by atoms with Gasteiger partial charge < -0.3 is 14.8 Å². The number of halogens is 3. The van der Waals surface area contributed by atoms with Gasteiger partial charge in [-0.3, -0.25) is 9.59 Å². The highest BCUT2D eigenvalue weighted by atomic mass is 35.5. The summed E-state index contributed by atoms with van der Waals surface area (Å²) in [7, 11) is 0. The molecule has 0 saturated heterocycles. The molecule has 1 amide bonds. The lowest BCUT2D eigenvalue weighted by Gasteiger charge is -2.11. The van der Waals surface area contributed by atoms with E-state index in [0.717, 1.165) is 28.1 Å². The molecule has 0 saturated carbocycles. The third-order valence-corrected chi connectivity index (χ3v) is 4.97. The number of benzene rings is 2. The second-order valence-electron chi connectivity index (χ2n) is 6.77. The Kier molecular flexibility index (Phi) is 7.02. The Balaban J connectivity index is 1.57. The number of ether oxygens (including phenoxy) is 2. The summed E-state index contributed by atoms with van der Waals surface area (Å²) >= 11 is 6.23. The van der Waals surface area contributed by atoms with Crippen LogP contribution in [0.25, 0.3) is 10.9 Å². The van der Waals surface area contributed by atoms with E-state index in [4.69, 9.17) is 16.3 Å². The maximum Gasteiger partial charge on any atom is 0.387 e. The van der Waals surface area contributed by atoms with Gasteiger partial charge in [0.05, 0.1) is 5.52 Å².